The lowest BCUT2D eigenvalue weighted by molar-refractivity contribution is 0.181. The van der Waals surface area contributed by atoms with Gasteiger partial charge in [-0.2, -0.15) is 0 Å². The molecule has 15 heavy (non-hydrogen) atoms. The first-order valence-electron chi connectivity index (χ1n) is 4.15. The monoisotopic (exact) mass is 235 g/mol. The van der Waals surface area contributed by atoms with E-state index in [-0.39, 0.29) is 22.9 Å². The van der Waals surface area contributed by atoms with Gasteiger partial charge in [0, 0.05) is 18.2 Å². The molecule has 0 fully saturated rings. The number of phenols is 1. The molecule has 0 saturated heterocycles. The van der Waals surface area contributed by atoms with Crippen molar-refractivity contribution >= 4 is 11.6 Å². The van der Waals surface area contributed by atoms with Crippen LogP contribution in [0.2, 0.25) is 5.02 Å². The molecule has 0 spiro atoms. The summed E-state index contributed by atoms with van der Waals surface area (Å²) in [4.78, 5) is 0. The van der Waals surface area contributed by atoms with E-state index in [1.54, 1.807) is 0 Å². The molecule has 0 radical (unpaired) electrons. The minimum Gasteiger partial charge on any atom is -0.504 e. The summed E-state index contributed by atoms with van der Waals surface area (Å²) in [6.07, 6.45) is -1.23. The summed E-state index contributed by atoms with van der Waals surface area (Å²) in [6, 6.07) is 0.935. The van der Waals surface area contributed by atoms with Crippen molar-refractivity contribution in [2.24, 2.45) is 5.73 Å². The molecule has 1 atom stereocenters. The number of hydrogen-bond acceptors (Lipinski definition) is 4. The van der Waals surface area contributed by atoms with Gasteiger partial charge in [0.05, 0.1) is 18.2 Å². The Hall–Kier alpha value is -1.04. The van der Waals surface area contributed by atoms with E-state index in [0.717, 1.165) is 6.07 Å². The number of hydrogen-bond donors (Lipinski definition) is 3. The zero-order chi connectivity index (χ0) is 11.6. The molecule has 1 aromatic rings. The second kappa shape index (κ2) is 4.65. The smallest absolute Gasteiger partial charge is 0.165 e. The molecule has 0 aliphatic rings. The summed E-state index contributed by atoms with van der Waals surface area (Å²) in [7, 11) is 1.26. The van der Waals surface area contributed by atoms with E-state index < -0.39 is 17.7 Å². The Bertz CT molecular complexity index is 373. The van der Waals surface area contributed by atoms with Gasteiger partial charge in [-0.05, 0) is 0 Å². The fourth-order valence-corrected chi connectivity index (χ4v) is 1.46. The van der Waals surface area contributed by atoms with Crippen LogP contribution in [0.15, 0.2) is 6.07 Å². The molecule has 0 saturated carbocycles. The molecule has 1 aromatic carbocycles. The van der Waals surface area contributed by atoms with Crippen LogP contribution in [-0.4, -0.2) is 23.9 Å². The number of aliphatic hydroxyl groups excluding tert-OH is 1. The standard InChI is InChI=1S/C9H11ClFNO3/c1-15-6-2-4(11)8(10)7(9(6)14)5(13)3-12/h2,5,13-14H,3,12H2,1H3. The Morgan fingerprint density at radius 2 is 2.27 bits per heavy atom. The highest BCUT2D eigenvalue weighted by Gasteiger charge is 2.22. The minimum absolute atomic E-state index is 0.0978. The van der Waals surface area contributed by atoms with Gasteiger partial charge in [0.2, 0.25) is 0 Å². The number of phenolic OH excluding ortho intramolecular Hbond substituents is 1. The van der Waals surface area contributed by atoms with Crippen molar-refractivity contribution in [2.45, 2.75) is 6.10 Å². The average molecular weight is 236 g/mol. The Kier molecular flexibility index (Phi) is 3.73. The van der Waals surface area contributed by atoms with Crippen LogP contribution < -0.4 is 10.5 Å². The topological polar surface area (TPSA) is 75.7 Å². The molecule has 1 rings (SSSR count). The highest BCUT2D eigenvalue weighted by molar-refractivity contribution is 6.31. The van der Waals surface area contributed by atoms with Crippen molar-refractivity contribution in [3.63, 3.8) is 0 Å². The molecule has 0 bridgehead atoms. The molecular weight excluding hydrogens is 225 g/mol. The van der Waals surface area contributed by atoms with Gasteiger partial charge in [0.1, 0.15) is 5.82 Å². The van der Waals surface area contributed by atoms with Gasteiger partial charge >= 0.3 is 0 Å². The van der Waals surface area contributed by atoms with E-state index in [0.29, 0.717) is 0 Å². The van der Waals surface area contributed by atoms with Gasteiger partial charge in [0.15, 0.2) is 11.5 Å². The molecule has 1 unspecified atom stereocenters. The predicted octanol–water partition coefficient (Wildman–Crippen LogP) is 1.19. The SMILES string of the molecule is COc1cc(F)c(Cl)c(C(O)CN)c1O. The van der Waals surface area contributed by atoms with E-state index in [1.165, 1.54) is 7.11 Å². The number of rotatable bonds is 3. The fourth-order valence-electron chi connectivity index (χ4n) is 1.19. The number of aromatic hydroxyl groups is 1. The Balaban J connectivity index is 3.40. The Labute approximate surface area is 91.0 Å². The van der Waals surface area contributed by atoms with E-state index in [1.807, 2.05) is 0 Å². The fraction of sp³-hybridized carbons (Fsp3) is 0.333. The third-order valence-electron chi connectivity index (χ3n) is 1.97. The number of benzene rings is 1. The van der Waals surface area contributed by atoms with Crippen LogP contribution >= 0.6 is 11.6 Å². The van der Waals surface area contributed by atoms with Gasteiger partial charge in [-0.15, -0.1) is 0 Å². The van der Waals surface area contributed by atoms with Crippen molar-refractivity contribution in [3.05, 3.63) is 22.5 Å². The maximum Gasteiger partial charge on any atom is 0.165 e. The summed E-state index contributed by atoms with van der Waals surface area (Å²) in [5, 5.41) is 18.7. The molecule has 4 N–H and O–H groups in total. The molecule has 0 amide bonds. The molecule has 4 nitrogen and oxygen atoms in total. The van der Waals surface area contributed by atoms with Crippen LogP contribution in [0.3, 0.4) is 0 Å². The largest absolute Gasteiger partial charge is 0.504 e. The van der Waals surface area contributed by atoms with Crippen LogP contribution in [0.25, 0.3) is 0 Å². The number of aliphatic hydroxyl groups is 1. The molecule has 0 aliphatic carbocycles. The quantitative estimate of drug-likeness (QED) is 0.736. The predicted molar refractivity (Wildman–Crippen MR) is 53.6 cm³/mol. The van der Waals surface area contributed by atoms with Crippen molar-refractivity contribution in [2.75, 3.05) is 13.7 Å². The zero-order valence-electron chi connectivity index (χ0n) is 8.00. The lowest BCUT2D eigenvalue weighted by Crippen LogP contribution is -2.13. The molecule has 0 aliphatic heterocycles. The van der Waals surface area contributed by atoms with E-state index >= 15 is 0 Å². The van der Waals surface area contributed by atoms with Crippen molar-refractivity contribution in [1.82, 2.24) is 0 Å². The molecular formula is C9H11ClFNO3. The number of methoxy groups -OCH3 is 1. The molecule has 0 aromatic heterocycles. The van der Waals surface area contributed by atoms with Crippen LogP contribution in [0.5, 0.6) is 11.5 Å². The summed E-state index contributed by atoms with van der Waals surface area (Å²) < 4.78 is 17.9. The lowest BCUT2D eigenvalue weighted by Gasteiger charge is -2.15. The summed E-state index contributed by atoms with van der Waals surface area (Å²) in [5.41, 5.74) is 5.04. The van der Waals surface area contributed by atoms with Crippen LogP contribution in [0.4, 0.5) is 4.39 Å². The zero-order valence-corrected chi connectivity index (χ0v) is 8.75. The van der Waals surface area contributed by atoms with E-state index in [2.05, 4.69) is 0 Å². The highest BCUT2D eigenvalue weighted by atomic mass is 35.5. The van der Waals surface area contributed by atoms with Gasteiger partial charge in [-0.1, -0.05) is 11.6 Å². The maximum atomic E-state index is 13.2. The van der Waals surface area contributed by atoms with Gasteiger partial charge in [-0.25, -0.2) is 4.39 Å². The van der Waals surface area contributed by atoms with Gasteiger partial charge < -0.3 is 20.7 Å². The number of halogens is 2. The first-order chi connectivity index (χ1) is 7.02. The van der Waals surface area contributed by atoms with Crippen molar-refractivity contribution < 1.29 is 19.3 Å². The van der Waals surface area contributed by atoms with Gasteiger partial charge in [0.25, 0.3) is 0 Å². The maximum absolute atomic E-state index is 13.2. The Morgan fingerprint density at radius 1 is 1.67 bits per heavy atom. The van der Waals surface area contributed by atoms with E-state index in [9.17, 15) is 14.6 Å². The second-order valence-electron chi connectivity index (χ2n) is 2.89. The summed E-state index contributed by atoms with van der Waals surface area (Å²) >= 11 is 5.59. The minimum atomic E-state index is -1.23. The van der Waals surface area contributed by atoms with E-state index in [4.69, 9.17) is 22.1 Å². The highest BCUT2D eigenvalue weighted by Crippen LogP contribution is 2.40. The van der Waals surface area contributed by atoms with Crippen molar-refractivity contribution in [1.29, 1.82) is 0 Å². The summed E-state index contributed by atoms with van der Waals surface area (Å²) in [6.45, 7) is -0.181. The first kappa shape index (κ1) is 12.0. The normalized spacial score (nSPS) is 12.6. The third-order valence-corrected chi connectivity index (χ3v) is 2.35. The summed E-state index contributed by atoms with van der Waals surface area (Å²) in [5.74, 6) is -1.28. The number of ether oxygens (including phenoxy) is 1. The Morgan fingerprint density at radius 3 is 2.73 bits per heavy atom. The first-order valence-corrected chi connectivity index (χ1v) is 4.53. The molecule has 6 heteroatoms. The number of nitrogens with two attached hydrogens (primary N) is 1. The van der Waals surface area contributed by atoms with Crippen LogP contribution in [-0.2, 0) is 0 Å². The average Bonchev–Trinajstić information content (AvgIpc) is 2.23. The van der Waals surface area contributed by atoms with Gasteiger partial charge in [-0.3, -0.25) is 0 Å². The molecule has 0 heterocycles. The van der Waals surface area contributed by atoms with Crippen LogP contribution in [0.1, 0.15) is 11.7 Å². The second-order valence-corrected chi connectivity index (χ2v) is 3.27. The third kappa shape index (κ3) is 2.14. The lowest BCUT2D eigenvalue weighted by atomic mass is 10.1. The van der Waals surface area contributed by atoms with Crippen molar-refractivity contribution in [3.8, 4) is 11.5 Å². The van der Waals surface area contributed by atoms with Crippen LogP contribution in [0, 0.1) is 5.82 Å². The molecule has 84 valence electrons.